The van der Waals surface area contributed by atoms with E-state index in [4.69, 9.17) is 9.63 Å². The number of aryl methyl sites for hydroxylation is 1. The van der Waals surface area contributed by atoms with Gasteiger partial charge >= 0.3 is 12.0 Å². The Morgan fingerprint density at radius 1 is 1.19 bits per heavy atom. The number of hydrogen-bond acceptors (Lipinski definition) is 4. The first kappa shape index (κ1) is 19.5. The molecule has 0 radical (unpaired) electrons. The molecule has 7 nitrogen and oxygen atoms in total. The van der Waals surface area contributed by atoms with Crippen LogP contribution in [0.25, 0.3) is 11.3 Å². The zero-order valence-corrected chi connectivity index (χ0v) is 15.0. The molecule has 1 aromatic carbocycles. The normalized spacial score (nSPS) is 10.5. The van der Waals surface area contributed by atoms with Gasteiger partial charge in [-0.3, -0.25) is 4.79 Å². The van der Waals surface area contributed by atoms with E-state index < -0.39 is 5.97 Å². The minimum Gasteiger partial charge on any atom is -0.481 e. The third kappa shape index (κ3) is 6.58. The van der Waals surface area contributed by atoms with Gasteiger partial charge in [-0.1, -0.05) is 41.9 Å². The van der Waals surface area contributed by atoms with Gasteiger partial charge in [0.05, 0.1) is 6.42 Å². The predicted octanol–water partition coefficient (Wildman–Crippen LogP) is 3.17. The summed E-state index contributed by atoms with van der Waals surface area (Å²) in [5, 5.41) is 15.2. The van der Waals surface area contributed by atoms with Crippen LogP contribution in [0.1, 0.15) is 31.4 Å². The van der Waals surface area contributed by atoms with E-state index in [1.165, 1.54) is 0 Å². The van der Waals surface area contributed by atoms with E-state index in [9.17, 15) is 9.59 Å². The fourth-order valence-electron chi connectivity index (χ4n) is 2.51. The van der Waals surface area contributed by atoms with Crippen LogP contribution in [0, 0.1) is 0 Å². The Labute approximate surface area is 153 Å². The number of aromatic nitrogens is 1. The zero-order chi connectivity index (χ0) is 18.8. The number of benzene rings is 1. The molecule has 0 aliphatic rings. The summed E-state index contributed by atoms with van der Waals surface area (Å²) in [7, 11) is 1.71. The number of carboxylic acids is 1. The first-order valence-electron chi connectivity index (χ1n) is 8.78. The average Bonchev–Trinajstić information content (AvgIpc) is 3.10. The molecule has 0 aliphatic heterocycles. The van der Waals surface area contributed by atoms with Crippen LogP contribution in [0.4, 0.5) is 4.79 Å². The van der Waals surface area contributed by atoms with Gasteiger partial charge in [0.2, 0.25) is 0 Å². The Balaban J connectivity index is 1.61. The van der Waals surface area contributed by atoms with Crippen molar-refractivity contribution in [1.82, 2.24) is 15.4 Å². The number of hydrogen-bond donors (Lipinski definition) is 2. The van der Waals surface area contributed by atoms with Crippen molar-refractivity contribution < 1.29 is 19.2 Å². The lowest BCUT2D eigenvalue weighted by atomic mass is 10.1. The molecule has 1 aromatic heterocycles. The molecule has 0 saturated heterocycles. The lowest BCUT2D eigenvalue weighted by Crippen LogP contribution is -2.38. The molecule has 26 heavy (non-hydrogen) atoms. The number of nitrogens with zero attached hydrogens (tertiary/aromatic N) is 2. The van der Waals surface area contributed by atoms with Crippen LogP contribution in [0.2, 0.25) is 0 Å². The Morgan fingerprint density at radius 2 is 1.96 bits per heavy atom. The zero-order valence-electron chi connectivity index (χ0n) is 15.0. The second kappa shape index (κ2) is 10.2. The molecular formula is C19H25N3O4. The molecule has 0 bridgehead atoms. The predicted molar refractivity (Wildman–Crippen MR) is 97.8 cm³/mol. The first-order valence-corrected chi connectivity index (χ1v) is 8.78. The Hall–Kier alpha value is -2.83. The summed E-state index contributed by atoms with van der Waals surface area (Å²) >= 11 is 0. The van der Waals surface area contributed by atoms with Crippen LogP contribution in [-0.2, 0) is 11.2 Å². The summed E-state index contributed by atoms with van der Waals surface area (Å²) in [6.45, 7) is 0.776. The molecule has 1 heterocycles. The number of nitrogens with one attached hydrogen (secondary N) is 1. The van der Waals surface area contributed by atoms with Gasteiger partial charge in [-0.15, -0.1) is 0 Å². The van der Waals surface area contributed by atoms with Crippen LogP contribution in [-0.4, -0.2) is 47.3 Å². The number of unbranched alkanes of at least 4 members (excludes halogenated alkanes) is 2. The van der Waals surface area contributed by atoms with E-state index >= 15 is 0 Å². The van der Waals surface area contributed by atoms with Gasteiger partial charge in [0.25, 0.3) is 0 Å². The molecule has 2 aromatic rings. The van der Waals surface area contributed by atoms with Gasteiger partial charge in [0.1, 0.15) is 11.5 Å². The van der Waals surface area contributed by atoms with Crippen LogP contribution < -0.4 is 5.32 Å². The highest BCUT2D eigenvalue weighted by atomic mass is 16.5. The molecule has 2 rings (SSSR count). The molecule has 2 N–H and O–H groups in total. The van der Waals surface area contributed by atoms with Crippen molar-refractivity contribution in [3.63, 3.8) is 0 Å². The van der Waals surface area contributed by atoms with Gasteiger partial charge in [0, 0.05) is 38.2 Å². The summed E-state index contributed by atoms with van der Waals surface area (Å²) in [5.41, 5.74) is 1.89. The summed E-state index contributed by atoms with van der Waals surface area (Å²) in [5.74, 6) is -0.0561. The average molecular weight is 359 g/mol. The fourth-order valence-corrected chi connectivity index (χ4v) is 2.51. The van der Waals surface area contributed by atoms with E-state index in [2.05, 4.69) is 10.5 Å². The van der Waals surface area contributed by atoms with Crippen molar-refractivity contribution >= 4 is 12.0 Å². The summed E-state index contributed by atoms with van der Waals surface area (Å²) in [4.78, 5) is 23.7. The standard InChI is InChI=1S/C19H25N3O4/c1-22(19(25)20-12-11-18(23)24)13-7-3-6-10-16-14-17(21-26-16)15-8-4-2-5-9-15/h2,4-5,8-9,14H,3,6-7,10-13H2,1H3,(H,20,25)(H,23,24). The first-order chi connectivity index (χ1) is 12.6. The molecule has 0 spiro atoms. The van der Waals surface area contributed by atoms with Crippen molar-refractivity contribution in [3.8, 4) is 11.3 Å². The molecule has 0 aliphatic carbocycles. The monoisotopic (exact) mass is 359 g/mol. The van der Waals surface area contributed by atoms with E-state index in [1.54, 1.807) is 11.9 Å². The summed E-state index contributed by atoms with van der Waals surface area (Å²) < 4.78 is 5.38. The van der Waals surface area contributed by atoms with E-state index in [0.29, 0.717) is 6.54 Å². The number of aliphatic carboxylic acids is 1. The van der Waals surface area contributed by atoms with E-state index in [0.717, 1.165) is 42.7 Å². The number of amides is 2. The number of urea groups is 1. The van der Waals surface area contributed by atoms with Crippen LogP contribution in [0.3, 0.4) is 0 Å². The van der Waals surface area contributed by atoms with Gasteiger partial charge < -0.3 is 19.8 Å². The minimum absolute atomic E-state index is 0.0677. The maximum Gasteiger partial charge on any atom is 0.317 e. The van der Waals surface area contributed by atoms with Gasteiger partial charge in [-0.25, -0.2) is 4.79 Å². The number of carboxylic acid groups (broad SMARTS) is 1. The van der Waals surface area contributed by atoms with Crippen molar-refractivity contribution in [2.75, 3.05) is 20.1 Å². The highest BCUT2D eigenvalue weighted by Gasteiger charge is 2.09. The number of carbonyl (C=O) groups is 2. The highest BCUT2D eigenvalue weighted by Crippen LogP contribution is 2.19. The second-order valence-corrected chi connectivity index (χ2v) is 6.15. The van der Waals surface area contributed by atoms with Crippen molar-refractivity contribution in [1.29, 1.82) is 0 Å². The summed E-state index contributed by atoms with van der Waals surface area (Å²) in [6, 6.07) is 11.6. The topological polar surface area (TPSA) is 95.7 Å². The Kier molecular flexibility index (Phi) is 7.67. The maximum atomic E-state index is 11.7. The Morgan fingerprint density at radius 3 is 2.69 bits per heavy atom. The third-order valence-corrected chi connectivity index (χ3v) is 4.01. The van der Waals surface area contributed by atoms with Crippen molar-refractivity contribution in [2.45, 2.75) is 32.1 Å². The number of rotatable bonds is 10. The minimum atomic E-state index is -0.921. The molecule has 140 valence electrons. The van der Waals surface area contributed by atoms with Gasteiger partial charge in [-0.05, 0) is 12.8 Å². The SMILES string of the molecule is CN(CCCCCc1cc(-c2ccccc2)no1)C(=O)NCCC(=O)O. The molecule has 0 unspecified atom stereocenters. The smallest absolute Gasteiger partial charge is 0.317 e. The van der Waals surface area contributed by atoms with Crippen LogP contribution >= 0.6 is 0 Å². The van der Waals surface area contributed by atoms with Crippen LogP contribution in [0.15, 0.2) is 40.9 Å². The third-order valence-electron chi connectivity index (χ3n) is 4.01. The molecule has 0 saturated carbocycles. The molecule has 0 fully saturated rings. The molecule has 2 amide bonds. The maximum absolute atomic E-state index is 11.7. The molecule has 0 atom stereocenters. The van der Waals surface area contributed by atoms with Crippen LogP contribution in [0.5, 0.6) is 0 Å². The lowest BCUT2D eigenvalue weighted by molar-refractivity contribution is -0.136. The lowest BCUT2D eigenvalue weighted by Gasteiger charge is -2.17. The van der Waals surface area contributed by atoms with Crippen molar-refractivity contribution in [3.05, 3.63) is 42.2 Å². The van der Waals surface area contributed by atoms with E-state index in [1.807, 2.05) is 36.4 Å². The largest absolute Gasteiger partial charge is 0.481 e. The molecule has 7 heteroatoms. The second-order valence-electron chi connectivity index (χ2n) is 6.15. The molecular weight excluding hydrogens is 334 g/mol. The number of carbonyl (C=O) groups excluding carboxylic acids is 1. The van der Waals surface area contributed by atoms with Gasteiger partial charge in [0.15, 0.2) is 0 Å². The van der Waals surface area contributed by atoms with E-state index in [-0.39, 0.29) is 19.0 Å². The quantitative estimate of drug-likeness (QED) is 0.635. The Bertz CT molecular complexity index is 700. The fraction of sp³-hybridized carbons (Fsp3) is 0.421. The summed E-state index contributed by atoms with van der Waals surface area (Å²) in [6.07, 6.45) is 3.55. The van der Waals surface area contributed by atoms with Crippen molar-refractivity contribution in [2.24, 2.45) is 0 Å². The highest BCUT2D eigenvalue weighted by molar-refractivity contribution is 5.74. The van der Waals surface area contributed by atoms with Gasteiger partial charge in [-0.2, -0.15) is 0 Å².